The molecule has 2 aliphatic heterocycles. The Bertz CT molecular complexity index is 1160. The number of nitrogens with zero attached hydrogens (tertiary/aromatic N) is 3. The maximum Gasteiger partial charge on any atom is 0.410 e. The van der Waals surface area contributed by atoms with Gasteiger partial charge < -0.3 is 25.2 Å². The summed E-state index contributed by atoms with van der Waals surface area (Å²) in [7, 11) is 0. The highest BCUT2D eigenvalue weighted by molar-refractivity contribution is 5.86. The summed E-state index contributed by atoms with van der Waals surface area (Å²) in [4.78, 5) is 44.1. The van der Waals surface area contributed by atoms with Gasteiger partial charge in [0, 0.05) is 63.0 Å². The number of hydrogen-bond donors (Lipinski definition) is 2. The van der Waals surface area contributed by atoms with E-state index in [0.29, 0.717) is 55.8 Å². The maximum atomic E-state index is 15.1. The average Bonchev–Trinajstić information content (AvgIpc) is 3.22. The first-order chi connectivity index (χ1) is 17.5. The number of amides is 3. The van der Waals surface area contributed by atoms with E-state index in [1.165, 1.54) is 13.0 Å². The van der Waals surface area contributed by atoms with E-state index in [0.717, 1.165) is 5.82 Å². The molecule has 2 N–H and O–H groups in total. The second-order valence-electron chi connectivity index (χ2n) is 10.5. The van der Waals surface area contributed by atoms with E-state index in [1.54, 1.807) is 23.2 Å². The molecule has 1 aromatic heterocycles. The first kappa shape index (κ1) is 26.4. The number of halogens is 1. The monoisotopic (exact) mass is 511 g/mol. The van der Waals surface area contributed by atoms with Gasteiger partial charge in [-0.25, -0.2) is 14.2 Å². The number of rotatable bonds is 5. The van der Waals surface area contributed by atoms with E-state index in [9.17, 15) is 14.4 Å². The van der Waals surface area contributed by atoms with Crippen molar-refractivity contribution in [3.8, 4) is 11.1 Å². The first-order valence-corrected chi connectivity index (χ1v) is 12.5. The second-order valence-corrected chi connectivity index (χ2v) is 10.5. The summed E-state index contributed by atoms with van der Waals surface area (Å²) in [5.41, 5.74) is 1.13. The van der Waals surface area contributed by atoms with Crippen LogP contribution in [0.3, 0.4) is 0 Å². The van der Waals surface area contributed by atoms with Crippen LogP contribution in [-0.4, -0.2) is 72.2 Å². The summed E-state index contributed by atoms with van der Waals surface area (Å²) in [5.74, 6) is -0.438. The van der Waals surface area contributed by atoms with Crippen molar-refractivity contribution < 1.29 is 23.5 Å². The molecule has 0 bridgehead atoms. The van der Waals surface area contributed by atoms with E-state index in [2.05, 4.69) is 20.5 Å². The van der Waals surface area contributed by atoms with Gasteiger partial charge in [0.05, 0.1) is 5.92 Å². The molecule has 0 radical (unpaired) electrons. The highest BCUT2D eigenvalue weighted by Gasteiger charge is 2.33. The van der Waals surface area contributed by atoms with E-state index < -0.39 is 17.3 Å². The van der Waals surface area contributed by atoms with E-state index in [4.69, 9.17) is 4.74 Å². The fourth-order valence-corrected chi connectivity index (χ4v) is 4.60. The number of aromatic nitrogens is 1. The molecule has 0 spiro atoms. The van der Waals surface area contributed by atoms with Crippen molar-refractivity contribution in [2.45, 2.75) is 51.7 Å². The van der Waals surface area contributed by atoms with Crippen molar-refractivity contribution >= 4 is 23.7 Å². The smallest absolute Gasteiger partial charge is 0.410 e. The Labute approximate surface area is 216 Å². The molecule has 198 valence electrons. The van der Waals surface area contributed by atoms with Crippen LogP contribution >= 0.6 is 0 Å². The number of carbonyl (C=O) groups excluding carboxylic acids is 3. The van der Waals surface area contributed by atoms with Gasteiger partial charge in [-0.05, 0) is 51.0 Å². The van der Waals surface area contributed by atoms with Crippen LogP contribution in [0.2, 0.25) is 0 Å². The quantitative estimate of drug-likeness (QED) is 0.640. The normalized spacial score (nSPS) is 20.0. The Balaban J connectivity index is 1.37. The van der Waals surface area contributed by atoms with Crippen LogP contribution in [0.4, 0.5) is 15.0 Å². The van der Waals surface area contributed by atoms with Gasteiger partial charge in [0.15, 0.2) is 0 Å². The SMILES string of the molecule is CC(=O)NC[C@@H]1C[C@@H](c2ccc(-c3ccc(N4CCN(C(=O)OC(C)(C)C)CC4)nc3)c(F)c2)C(=O)N1. The zero-order chi connectivity index (χ0) is 26.7. The van der Waals surface area contributed by atoms with Gasteiger partial charge in [-0.3, -0.25) is 9.59 Å². The molecule has 0 aliphatic carbocycles. The molecular weight excluding hydrogens is 477 g/mol. The Morgan fingerprint density at radius 2 is 1.89 bits per heavy atom. The predicted molar refractivity (Wildman–Crippen MR) is 138 cm³/mol. The van der Waals surface area contributed by atoms with Crippen LogP contribution < -0.4 is 15.5 Å². The third-order valence-electron chi connectivity index (χ3n) is 6.49. The Morgan fingerprint density at radius 1 is 1.16 bits per heavy atom. The van der Waals surface area contributed by atoms with Crippen LogP contribution in [0.5, 0.6) is 0 Å². The third kappa shape index (κ3) is 6.55. The largest absolute Gasteiger partial charge is 0.444 e. The second kappa shape index (κ2) is 10.7. The number of benzene rings is 1. The minimum Gasteiger partial charge on any atom is -0.444 e. The van der Waals surface area contributed by atoms with Gasteiger partial charge in [-0.1, -0.05) is 12.1 Å². The lowest BCUT2D eigenvalue weighted by atomic mass is 9.93. The first-order valence-electron chi connectivity index (χ1n) is 12.5. The van der Waals surface area contributed by atoms with E-state index in [1.807, 2.05) is 32.9 Å². The van der Waals surface area contributed by atoms with Gasteiger partial charge in [-0.15, -0.1) is 0 Å². The highest BCUT2D eigenvalue weighted by Crippen LogP contribution is 2.31. The van der Waals surface area contributed by atoms with Crippen LogP contribution in [-0.2, 0) is 14.3 Å². The van der Waals surface area contributed by atoms with Gasteiger partial charge in [0.25, 0.3) is 0 Å². The lowest BCUT2D eigenvalue weighted by molar-refractivity contribution is -0.121. The Morgan fingerprint density at radius 3 is 2.49 bits per heavy atom. The molecule has 4 rings (SSSR count). The molecule has 2 atom stereocenters. The molecule has 9 nitrogen and oxygen atoms in total. The van der Waals surface area contributed by atoms with Crippen molar-refractivity contribution in [2.75, 3.05) is 37.6 Å². The molecule has 0 saturated carbocycles. The summed E-state index contributed by atoms with van der Waals surface area (Å²) < 4.78 is 20.5. The topological polar surface area (TPSA) is 104 Å². The van der Waals surface area contributed by atoms with Gasteiger partial charge in [0.1, 0.15) is 17.2 Å². The molecule has 3 amide bonds. The molecule has 37 heavy (non-hydrogen) atoms. The highest BCUT2D eigenvalue weighted by atomic mass is 19.1. The number of ether oxygens (including phenoxy) is 1. The molecule has 2 aromatic rings. The van der Waals surface area contributed by atoms with Crippen LogP contribution in [0, 0.1) is 5.82 Å². The van der Waals surface area contributed by atoms with Crippen molar-refractivity contribution in [1.29, 1.82) is 0 Å². The number of piperazine rings is 1. The molecule has 0 unspecified atom stereocenters. The molecule has 1 aromatic carbocycles. The number of hydrogen-bond acceptors (Lipinski definition) is 6. The van der Waals surface area contributed by atoms with E-state index in [-0.39, 0.29) is 23.9 Å². The average molecular weight is 512 g/mol. The summed E-state index contributed by atoms with van der Waals surface area (Å²) in [6.07, 6.45) is 1.82. The fraction of sp³-hybridized carbons (Fsp3) is 0.481. The lowest BCUT2D eigenvalue weighted by Crippen LogP contribution is -2.50. The van der Waals surface area contributed by atoms with Crippen molar-refractivity contribution in [1.82, 2.24) is 20.5 Å². The summed E-state index contributed by atoms with van der Waals surface area (Å²) in [6, 6.07) is 8.36. The number of carbonyl (C=O) groups is 3. The van der Waals surface area contributed by atoms with Crippen molar-refractivity contribution in [3.05, 3.63) is 47.9 Å². The van der Waals surface area contributed by atoms with Gasteiger partial charge in [0.2, 0.25) is 11.8 Å². The summed E-state index contributed by atoms with van der Waals surface area (Å²) in [6.45, 7) is 9.65. The molecule has 10 heteroatoms. The standard InChI is InChI=1S/C27H34FN5O4/c1-17(34)29-16-20-14-22(25(35)31-20)18-5-7-21(23(28)13-18)19-6-8-24(30-15-19)32-9-11-33(12-10-32)26(36)37-27(2,3)4/h5-8,13,15,20,22H,9-12,14,16H2,1-4H3,(H,29,34)(H,31,35)/t20-,22-/m0/s1. The van der Waals surface area contributed by atoms with Gasteiger partial charge in [-0.2, -0.15) is 0 Å². The lowest BCUT2D eigenvalue weighted by Gasteiger charge is -2.36. The zero-order valence-corrected chi connectivity index (χ0v) is 21.7. The molecule has 2 fully saturated rings. The zero-order valence-electron chi connectivity index (χ0n) is 21.7. The number of nitrogens with one attached hydrogen (secondary N) is 2. The minimum atomic E-state index is -0.529. The van der Waals surface area contributed by atoms with Crippen LogP contribution in [0.1, 0.15) is 45.6 Å². The molecular formula is C27H34FN5O4. The van der Waals surface area contributed by atoms with Crippen molar-refractivity contribution in [3.63, 3.8) is 0 Å². The van der Waals surface area contributed by atoms with Crippen LogP contribution in [0.25, 0.3) is 11.1 Å². The fourth-order valence-electron chi connectivity index (χ4n) is 4.60. The predicted octanol–water partition coefficient (Wildman–Crippen LogP) is 3.05. The number of anilines is 1. The summed E-state index contributed by atoms with van der Waals surface area (Å²) >= 11 is 0. The van der Waals surface area contributed by atoms with E-state index >= 15 is 4.39 Å². The number of pyridine rings is 1. The van der Waals surface area contributed by atoms with Crippen molar-refractivity contribution in [2.24, 2.45) is 0 Å². The Kier molecular flexibility index (Phi) is 7.65. The molecule has 2 aliphatic rings. The molecule has 3 heterocycles. The molecule has 2 saturated heterocycles. The maximum absolute atomic E-state index is 15.1. The van der Waals surface area contributed by atoms with Gasteiger partial charge >= 0.3 is 6.09 Å². The minimum absolute atomic E-state index is 0.157. The summed E-state index contributed by atoms with van der Waals surface area (Å²) in [5, 5.41) is 5.56. The van der Waals surface area contributed by atoms with Crippen LogP contribution in [0.15, 0.2) is 36.5 Å². The third-order valence-corrected chi connectivity index (χ3v) is 6.49. The Hall–Kier alpha value is -3.69.